The summed E-state index contributed by atoms with van der Waals surface area (Å²) in [6.45, 7) is 0. The predicted molar refractivity (Wildman–Crippen MR) is 42.5 cm³/mol. The van der Waals surface area contributed by atoms with Crippen LogP contribution < -0.4 is 5.73 Å². The fourth-order valence-electron chi connectivity index (χ4n) is 0.968. The lowest BCUT2D eigenvalue weighted by Gasteiger charge is -2.04. The fraction of sp³-hybridized carbons (Fsp3) is 0.429. The van der Waals surface area contributed by atoms with Crippen LogP contribution in [-0.2, 0) is 11.2 Å². The molecule has 1 atom stereocenters. The van der Waals surface area contributed by atoms with Crippen LogP contribution >= 0.6 is 0 Å². The molecule has 0 bridgehead atoms. The standard InChI is InChI=1S/C7H11N3O2/c8-5(2-7(11)12)1-6-3-9-4-10-6/h3-5H,1-2,8H2,(H,9,10)(H,11,12)/t5-/m1/s1. The molecule has 1 aromatic rings. The molecule has 0 saturated carbocycles. The number of aromatic amines is 1. The van der Waals surface area contributed by atoms with Crippen LogP contribution in [0.3, 0.4) is 0 Å². The summed E-state index contributed by atoms with van der Waals surface area (Å²) in [6, 6.07) is -0.356. The average Bonchev–Trinajstić information content (AvgIpc) is 2.37. The molecule has 0 unspecified atom stereocenters. The highest BCUT2D eigenvalue weighted by Gasteiger charge is 2.09. The Morgan fingerprint density at radius 2 is 2.58 bits per heavy atom. The van der Waals surface area contributed by atoms with Crippen LogP contribution in [0.1, 0.15) is 12.1 Å². The monoisotopic (exact) mass is 169 g/mol. The van der Waals surface area contributed by atoms with Crippen molar-refractivity contribution in [3.8, 4) is 0 Å². The van der Waals surface area contributed by atoms with E-state index < -0.39 is 5.97 Å². The third-order valence-electron chi connectivity index (χ3n) is 1.46. The Morgan fingerprint density at radius 1 is 1.83 bits per heavy atom. The summed E-state index contributed by atoms with van der Waals surface area (Å²) in [5, 5.41) is 8.40. The molecule has 0 aromatic carbocycles. The van der Waals surface area contributed by atoms with Gasteiger partial charge < -0.3 is 15.8 Å². The van der Waals surface area contributed by atoms with E-state index in [0.29, 0.717) is 6.42 Å². The van der Waals surface area contributed by atoms with Crippen molar-refractivity contribution in [2.75, 3.05) is 0 Å². The van der Waals surface area contributed by atoms with Gasteiger partial charge >= 0.3 is 5.97 Å². The van der Waals surface area contributed by atoms with Gasteiger partial charge in [-0.3, -0.25) is 4.79 Å². The molecular formula is C7H11N3O2. The van der Waals surface area contributed by atoms with Crippen LogP contribution in [0.4, 0.5) is 0 Å². The number of aliphatic carboxylic acids is 1. The molecule has 0 aliphatic rings. The highest BCUT2D eigenvalue weighted by Crippen LogP contribution is 1.99. The Bertz CT molecular complexity index is 245. The molecule has 0 spiro atoms. The van der Waals surface area contributed by atoms with Gasteiger partial charge in [-0.2, -0.15) is 0 Å². The first-order valence-electron chi connectivity index (χ1n) is 3.63. The van der Waals surface area contributed by atoms with E-state index in [0.717, 1.165) is 5.69 Å². The summed E-state index contributed by atoms with van der Waals surface area (Å²) in [5.74, 6) is -0.877. The second-order valence-corrected chi connectivity index (χ2v) is 2.62. The van der Waals surface area contributed by atoms with Crippen molar-refractivity contribution in [3.05, 3.63) is 18.2 Å². The largest absolute Gasteiger partial charge is 0.481 e. The van der Waals surface area contributed by atoms with Crippen LogP contribution in [0.2, 0.25) is 0 Å². The number of nitrogens with one attached hydrogen (secondary N) is 1. The minimum absolute atomic E-state index is 0.0210. The molecule has 5 heteroatoms. The Morgan fingerprint density at radius 3 is 3.08 bits per heavy atom. The van der Waals surface area contributed by atoms with Gasteiger partial charge in [0, 0.05) is 18.7 Å². The molecule has 66 valence electrons. The van der Waals surface area contributed by atoms with Gasteiger partial charge in [0.15, 0.2) is 0 Å². The fourth-order valence-corrected chi connectivity index (χ4v) is 0.968. The van der Waals surface area contributed by atoms with Crippen LogP contribution in [0, 0.1) is 0 Å². The number of carboxylic acid groups (broad SMARTS) is 1. The predicted octanol–water partition coefficient (Wildman–Crippen LogP) is -0.246. The van der Waals surface area contributed by atoms with E-state index in [4.69, 9.17) is 10.8 Å². The Kier molecular flexibility index (Phi) is 2.82. The number of hydrogen-bond donors (Lipinski definition) is 3. The molecule has 1 heterocycles. The van der Waals surface area contributed by atoms with Gasteiger partial charge in [-0.1, -0.05) is 0 Å². The minimum Gasteiger partial charge on any atom is -0.481 e. The summed E-state index contributed by atoms with van der Waals surface area (Å²) in [5.41, 5.74) is 6.33. The zero-order valence-corrected chi connectivity index (χ0v) is 6.53. The smallest absolute Gasteiger partial charge is 0.304 e. The number of rotatable bonds is 4. The Labute approximate surface area is 69.6 Å². The molecule has 1 rings (SSSR count). The van der Waals surface area contributed by atoms with E-state index in [-0.39, 0.29) is 12.5 Å². The maximum Gasteiger partial charge on any atom is 0.304 e. The number of aromatic nitrogens is 2. The third-order valence-corrected chi connectivity index (χ3v) is 1.46. The Balaban J connectivity index is 2.36. The quantitative estimate of drug-likeness (QED) is 0.579. The lowest BCUT2D eigenvalue weighted by Crippen LogP contribution is -2.26. The lowest BCUT2D eigenvalue weighted by molar-refractivity contribution is -0.137. The molecule has 0 radical (unpaired) electrons. The first-order valence-corrected chi connectivity index (χ1v) is 3.63. The molecule has 0 aliphatic carbocycles. The van der Waals surface area contributed by atoms with Gasteiger partial charge in [0.2, 0.25) is 0 Å². The van der Waals surface area contributed by atoms with Crippen molar-refractivity contribution in [3.63, 3.8) is 0 Å². The highest BCUT2D eigenvalue weighted by molar-refractivity contribution is 5.67. The topological polar surface area (TPSA) is 92.0 Å². The number of nitrogens with two attached hydrogens (primary N) is 1. The normalized spacial score (nSPS) is 12.8. The van der Waals surface area contributed by atoms with Crippen molar-refractivity contribution in [2.45, 2.75) is 18.9 Å². The van der Waals surface area contributed by atoms with Gasteiger partial charge in [-0.25, -0.2) is 4.98 Å². The van der Waals surface area contributed by atoms with Gasteiger partial charge in [-0.05, 0) is 0 Å². The van der Waals surface area contributed by atoms with Gasteiger partial charge in [0.25, 0.3) is 0 Å². The summed E-state index contributed by atoms with van der Waals surface area (Å²) in [7, 11) is 0. The van der Waals surface area contributed by atoms with Crippen molar-refractivity contribution in [2.24, 2.45) is 5.73 Å². The summed E-state index contributed by atoms with van der Waals surface area (Å²) >= 11 is 0. The zero-order valence-electron chi connectivity index (χ0n) is 6.53. The van der Waals surface area contributed by atoms with E-state index >= 15 is 0 Å². The average molecular weight is 169 g/mol. The van der Waals surface area contributed by atoms with Crippen LogP contribution in [0.15, 0.2) is 12.5 Å². The molecule has 0 aliphatic heterocycles. The number of imidazole rings is 1. The molecule has 1 aromatic heterocycles. The second-order valence-electron chi connectivity index (χ2n) is 2.62. The molecule has 0 amide bonds. The van der Waals surface area contributed by atoms with Crippen molar-refractivity contribution >= 4 is 5.97 Å². The van der Waals surface area contributed by atoms with Crippen LogP contribution in [0.25, 0.3) is 0 Å². The maximum absolute atomic E-state index is 10.2. The lowest BCUT2D eigenvalue weighted by atomic mass is 10.1. The van der Waals surface area contributed by atoms with Crippen molar-refractivity contribution in [1.29, 1.82) is 0 Å². The molecule has 0 saturated heterocycles. The third kappa shape index (κ3) is 2.71. The highest BCUT2D eigenvalue weighted by atomic mass is 16.4. The molecule has 5 nitrogen and oxygen atoms in total. The van der Waals surface area contributed by atoms with E-state index in [9.17, 15) is 4.79 Å². The first kappa shape index (κ1) is 8.73. The number of hydrogen-bond acceptors (Lipinski definition) is 3. The molecular weight excluding hydrogens is 158 g/mol. The van der Waals surface area contributed by atoms with Crippen LogP contribution in [-0.4, -0.2) is 27.1 Å². The molecule has 4 N–H and O–H groups in total. The van der Waals surface area contributed by atoms with Gasteiger partial charge in [0.05, 0.1) is 18.4 Å². The number of carboxylic acids is 1. The second kappa shape index (κ2) is 3.87. The number of H-pyrrole nitrogens is 1. The number of carbonyl (C=O) groups is 1. The summed E-state index contributed by atoms with van der Waals surface area (Å²) in [6.07, 6.45) is 3.73. The van der Waals surface area contributed by atoms with Crippen molar-refractivity contribution in [1.82, 2.24) is 9.97 Å². The maximum atomic E-state index is 10.2. The van der Waals surface area contributed by atoms with E-state index in [2.05, 4.69) is 9.97 Å². The summed E-state index contributed by atoms with van der Waals surface area (Å²) < 4.78 is 0. The molecule has 0 fully saturated rings. The van der Waals surface area contributed by atoms with E-state index in [1.807, 2.05) is 0 Å². The SMILES string of the molecule is N[C@@H](CC(=O)O)Cc1c[nH]cn1. The van der Waals surface area contributed by atoms with Crippen molar-refractivity contribution < 1.29 is 9.90 Å². The van der Waals surface area contributed by atoms with Gasteiger partial charge in [-0.15, -0.1) is 0 Å². The number of nitrogens with zero attached hydrogens (tertiary/aromatic N) is 1. The Hall–Kier alpha value is -1.36. The summed E-state index contributed by atoms with van der Waals surface area (Å²) in [4.78, 5) is 16.9. The zero-order chi connectivity index (χ0) is 8.97. The van der Waals surface area contributed by atoms with E-state index in [1.54, 1.807) is 12.5 Å². The first-order chi connectivity index (χ1) is 5.68. The van der Waals surface area contributed by atoms with E-state index in [1.165, 1.54) is 0 Å². The van der Waals surface area contributed by atoms with Crippen LogP contribution in [0.5, 0.6) is 0 Å². The van der Waals surface area contributed by atoms with Gasteiger partial charge in [0.1, 0.15) is 0 Å². The minimum atomic E-state index is -0.877. The molecule has 12 heavy (non-hydrogen) atoms.